The lowest BCUT2D eigenvalue weighted by atomic mass is 9.91. The van der Waals surface area contributed by atoms with Gasteiger partial charge in [-0.15, -0.1) is 0 Å². The van der Waals surface area contributed by atoms with Crippen LogP contribution in [0.25, 0.3) is 0 Å². The minimum absolute atomic E-state index is 0.0268. The molecule has 1 heterocycles. The number of carboxylic acids is 1. The Bertz CT molecular complexity index is 626. The lowest BCUT2D eigenvalue weighted by Gasteiger charge is -2.16. The summed E-state index contributed by atoms with van der Waals surface area (Å²) in [4.78, 5) is 11.4. The molecule has 0 atom stereocenters. The predicted molar refractivity (Wildman–Crippen MR) is 65.4 cm³/mol. The summed E-state index contributed by atoms with van der Waals surface area (Å²) < 4.78 is 24.2. The van der Waals surface area contributed by atoms with Gasteiger partial charge in [0.1, 0.15) is 0 Å². The molecule has 0 saturated heterocycles. The van der Waals surface area contributed by atoms with Crippen LogP contribution in [0.15, 0.2) is 23.1 Å². The van der Waals surface area contributed by atoms with Gasteiger partial charge in [-0.25, -0.2) is 8.42 Å². The molecule has 4 nitrogen and oxygen atoms in total. The maximum Gasteiger partial charge on any atom is 0.304 e. The number of hydrogen-bond donors (Lipinski definition) is 1. The lowest BCUT2D eigenvalue weighted by molar-refractivity contribution is -0.137. The van der Waals surface area contributed by atoms with Crippen molar-refractivity contribution in [3.63, 3.8) is 0 Å². The maximum absolute atomic E-state index is 12.1. The van der Waals surface area contributed by atoms with E-state index in [4.69, 9.17) is 5.11 Å². The van der Waals surface area contributed by atoms with E-state index < -0.39 is 21.2 Å². The van der Waals surface area contributed by atoms with E-state index in [1.165, 1.54) is 0 Å². The summed E-state index contributed by atoms with van der Waals surface area (Å²) in [5, 5.41) is 8.98. The van der Waals surface area contributed by atoms with Gasteiger partial charge in [-0.05, 0) is 30.4 Å². The van der Waals surface area contributed by atoms with Crippen molar-refractivity contribution in [3.05, 3.63) is 29.3 Å². The Balaban J connectivity index is 2.16. The summed E-state index contributed by atoms with van der Waals surface area (Å²) in [6.45, 7) is 0. The number of sulfone groups is 1. The monoisotopic (exact) mass is 266 g/mol. The standard InChI is InChI=1S/C13H14O4S/c14-11(15)8-13(5-6-13)10-3-1-2-9-4-7-18(16,17)12(9)10/h1-3H,4-8H2,(H,14,15). The van der Waals surface area contributed by atoms with Crippen molar-refractivity contribution in [1.29, 1.82) is 0 Å². The number of hydrogen-bond acceptors (Lipinski definition) is 3. The molecule has 1 N–H and O–H groups in total. The van der Waals surface area contributed by atoms with E-state index in [2.05, 4.69) is 0 Å². The van der Waals surface area contributed by atoms with Gasteiger partial charge in [0, 0.05) is 5.41 Å². The SMILES string of the molecule is O=C(O)CC1(c2cccc3c2S(=O)(=O)CC3)CC1. The molecule has 0 aromatic heterocycles. The summed E-state index contributed by atoms with van der Waals surface area (Å²) in [5.74, 6) is -0.705. The van der Waals surface area contributed by atoms with Gasteiger partial charge in [0.25, 0.3) is 0 Å². The zero-order chi connectivity index (χ0) is 13.0. The highest BCUT2D eigenvalue weighted by atomic mass is 32.2. The van der Waals surface area contributed by atoms with Crippen LogP contribution in [0.3, 0.4) is 0 Å². The molecule has 1 aromatic carbocycles. The molecule has 0 spiro atoms. The summed E-state index contributed by atoms with van der Waals surface area (Å²) >= 11 is 0. The second-order valence-electron chi connectivity index (χ2n) is 5.21. The first-order valence-electron chi connectivity index (χ1n) is 6.02. The molecule has 0 amide bonds. The van der Waals surface area contributed by atoms with Crippen LogP contribution in [-0.4, -0.2) is 25.2 Å². The number of rotatable bonds is 3. The van der Waals surface area contributed by atoms with Gasteiger partial charge < -0.3 is 5.11 Å². The van der Waals surface area contributed by atoms with Crippen LogP contribution in [-0.2, 0) is 26.5 Å². The largest absolute Gasteiger partial charge is 0.481 e. The third-order valence-electron chi connectivity index (χ3n) is 3.96. The highest BCUT2D eigenvalue weighted by molar-refractivity contribution is 7.91. The molecular weight excluding hydrogens is 252 g/mol. The number of fused-ring (bicyclic) bond motifs is 1. The van der Waals surface area contributed by atoms with Gasteiger partial charge in [0.05, 0.1) is 17.1 Å². The van der Waals surface area contributed by atoms with Gasteiger partial charge in [-0.1, -0.05) is 18.2 Å². The Morgan fingerprint density at radius 2 is 2.06 bits per heavy atom. The fourth-order valence-corrected chi connectivity index (χ4v) is 4.78. The van der Waals surface area contributed by atoms with Crippen molar-refractivity contribution in [2.45, 2.75) is 36.0 Å². The molecule has 3 rings (SSSR count). The van der Waals surface area contributed by atoms with Gasteiger partial charge in [0.15, 0.2) is 9.84 Å². The van der Waals surface area contributed by atoms with E-state index in [-0.39, 0.29) is 12.2 Å². The molecule has 5 heteroatoms. The van der Waals surface area contributed by atoms with Crippen molar-refractivity contribution in [2.24, 2.45) is 0 Å². The van der Waals surface area contributed by atoms with E-state index >= 15 is 0 Å². The smallest absolute Gasteiger partial charge is 0.304 e. The molecule has 0 bridgehead atoms. The molecule has 2 aliphatic rings. The Kier molecular flexibility index (Phi) is 2.32. The average Bonchev–Trinajstić information content (AvgIpc) is 2.99. The van der Waals surface area contributed by atoms with Crippen LogP contribution in [0.2, 0.25) is 0 Å². The topological polar surface area (TPSA) is 71.4 Å². The van der Waals surface area contributed by atoms with Gasteiger partial charge in [-0.3, -0.25) is 4.79 Å². The van der Waals surface area contributed by atoms with Crippen molar-refractivity contribution in [1.82, 2.24) is 0 Å². The average molecular weight is 266 g/mol. The number of carbonyl (C=O) groups is 1. The van der Waals surface area contributed by atoms with E-state index in [1.807, 2.05) is 12.1 Å². The first kappa shape index (κ1) is 11.7. The molecule has 1 aliphatic carbocycles. The van der Waals surface area contributed by atoms with E-state index in [1.54, 1.807) is 6.07 Å². The Hall–Kier alpha value is -1.36. The Morgan fingerprint density at radius 3 is 2.67 bits per heavy atom. The molecule has 96 valence electrons. The van der Waals surface area contributed by atoms with Crippen molar-refractivity contribution < 1.29 is 18.3 Å². The van der Waals surface area contributed by atoms with Crippen LogP contribution in [0, 0.1) is 0 Å². The van der Waals surface area contributed by atoms with Crippen LogP contribution < -0.4 is 0 Å². The maximum atomic E-state index is 12.1. The van der Waals surface area contributed by atoms with E-state index in [9.17, 15) is 13.2 Å². The second kappa shape index (κ2) is 3.57. The van der Waals surface area contributed by atoms with Crippen LogP contribution >= 0.6 is 0 Å². The van der Waals surface area contributed by atoms with Gasteiger partial charge in [0.2, 0.25) is 0 Å². The number of aryl methyl sites for hydroxylation is 1. The fourth-order valence-electron chi connectivity index (χ4n) is 2.89. The molecule has 1 aliphatic heterocycles. The van der Waals surface area contributed by atoms with E-state index in [0.29, 0.717) is 11.3 Å². The third kappa shape index (κ3) is 1.65. The first-order valence-corrected chi connectivity index (χ1v) is 7.67. The van der Waals surface area contributed by atoms with Crippen molar-refractivity contribution in [3.8, 4) is 0 Å². The van der Waals surface area contributed by atoms with Crippen molar-refractivity contribution >= 4 is 15.8 Å². The van der Waals surface area contributed by atoms with Crippen LogP contribution in [0.5, 0.6) is 0 Å². The molecule has 18 heavy (non-hydrogen) atoms. The third-order valence-corrected chi connectivity index (χ3v) is 5.81. The first-order chi connectivity index (χ1) is 8.45. The zero-order valence-electron chi connectivity index (χ0n) is 9.85. The highest BCUT2D eigenvalue weighted by Crippen LogP contribution is 2.54. The van der Waals surface area contributed by atoms with Crippen LogP contribution in [0.4, 0.5) is 0 Å². The minimum Gasteiger partial charge on any atom is -0.481 e. The highest BCUT2D eigenvalue weighted by Gasteiger charge is 2.49. The molecular formula is C13H14O4S. The summed E-state index contributed by atoms with van der Waals surface area (Å²) in [6, 6.07) is 5.47. The number of carboxylic acid groups (broad SMARTS) is 1. The predicted octanol–water partition coefficient (Wildman–Crippen LogP) is 1.52. The summed E-state index contributed by atoms with van der Waals surface area (Å²) in [5.41, 5.74) is 1.15. The molecule has 0 unspecified atom stereocenters. The lowest BCUT2D eigenvalue weighted by Crippen LogP contribution is -2.16. The van der Waals surface area contributed by atoms with E-state index in [0.717, 1.165) is 24.0 Å². The Labute approximate surface area is 106 Å². The quantitative estimate of drug-likeness (QED) is 0.900. The van der Waals surface area contributed by atoms with Gasteiger partial charge >= 0.3 is 5.97 Å². The summed E-state index contributed by atoms with van der Waals surface area (Å²) in [6.07, 6.45) is 2.12. The zero-order valence-corrected chi connectivity index (χ0v) is 10.7. The second-order valence-corrected chi connectivity index (χ2v) is 7.26. The normalized spacial score (nSPS) is 22.4. The summed E-state index contributed by atoms with van der Waals surface area (Å²) in [7, 11) is -3.21. The fraction of sp³-hybridized carbons (Fsp3) is 0.462. The Morgan fingerprint density at radius 1 is 1.33 bits per heavy atom. The molecule has 1 fully saturated rings. The molecule has 0 radical (unpaired) electrons. The number of aliphatic carboxylic acids is 1. The number of benzene rings is 1. The van der Waals surface area contributed by atoms with Crippen molar-refractivity contribution in [2.75, 3.05) is 5.75 Å². The molecule has 1 saturated carbocycles. The van der Waals surface area contributed by atoms with Crippen LogP contribution in [0.1, 0.15) is 30.4 Å². The minimum atomic E-state index is -3.21. The van der Waals surface area contributed by atoms with Gasteiger partial charge in [-0.2, -0.15) is 0 Å². The molecule has 1 aromatic rings.